The number of esters is 1. The van der Waals surface area contributed by atoms with E-state index in [0.717, 1.165) is 109 Å². The Morgan fingerprint density at radius 2 is 0.923 bits per heavy atom. The van der Waals surface area contributed by atoms with E-state index in [9.17, 15) is 35.1 Å². The highest BCUT2D eigenvalue weighted by Crippen LogP contribution is 2.26. The molecule has 0 saturated carbocycles. The normalized spacial score (nSPS) is 19.4. The number of hydrogen-bond acceptors (Lipinski definition) is 10. The molecule has 0 bridgehead atoms. The van der Waals surface area contributed by atoms with Gasteiger partial charge in [0.2, 0.25) is 5.91 Å². The molecule has 11 heteroatoms. The van der Waals surface area contributed by atoms with Crippen molar-refractivity contribution in [1.29, 1.82) is 0 Å². The Labute approximate surface area is 477 Å². The molecule has 0 aliphatic carbocycles. The molecule has 1 aliphatic heterocycles. The second-order valence-electron chi connectivity index (χ2n) is 22.1. The molecule has 6 N–H and O–H groups in total. The molecule has 1 saturated heterocycles. The number of aliphatic hydroxyl groups is 5. The van der Waals surface area contributed by atoms with E-state index in [4.69, 9.17) is 14.2 Å². The number of allylic oxidation sites excluding steroid dienone is 11. The summed E-state index contributed by atoms with van der Waals surface area (Å²) in [4.78, 5) is 26.6. The zero-order valence-corrected chi connectivity index (χ0v) is 50.0. The Balaban J connectivity index is 2.67. The van der Waals surface area contributed by atoms with Crippen molar-refractivity contribution in [3.8, 4) is 0 Å². The maximum absolute atomic E-state index is 13.4. The van der Waals surface area contributed by atoms with Gasteiger partial charge in [-0.3, -0.25) is 9.59 Å². The van der Waals surface area contributed by atoms with E-state index in [0.29, 0.717) is 12.8 Å². The fraction of sp³-hybridized carbons (Fsp3) is 0.791. The molecule has 8 atom stereocenters. The molecule has 11 nitrogen and oxygen atoms in total. The molecule has 1 amide bonds. The van der Waals surface area contributed by atoms with Crippen LogP contribution >= 0.6 is 0 Å². The molecular weight excluding hydrogens is 979 g/mol. The summed E-state index contributed by atoms with van der Waals surface area (Å²) in [7, 11) is 0. The number of amides is 1. The topological polar surface area (TPSA) is 175 Å². The third-order valence-electron chi connectivity index (χ3n) is 14.9. The van der Waals surface area contributed by atoms with Crippen LogP contribution in [0.25, 0.3) is 0 Å². The zero-order chi connectivity index (χ0) is 56.8. The number of hydrogen-bond donors (Lipinski definition) is 6. The van der Waals surface area contributed by atoms with Gasteiger partial charge >= 0.3 is 5.97 Å². The number of rotatable bonds is 54. The summed E-state index contributed by atoms with van der Waals surface area (Å²) in [5.41, 5.74) is 0. The van der Waals surface area contributed by atoms with Crippen molar-refractivity contribution in [3.05, 3.63) is 72.9 Å². The molecule has 8 unspecified atom stereocenters. The van der Waals surface area contributed by atoms with Crippen molar-refractivity contribution in [2.45, 2.75) is 327 Å². The molecule has 1 aliphatic rings. The van der Waals surface area contributed by atoms with Gasteiger partial charge in [0.1, 0.15) is 24.4 Å². The molecule has 452 valence electrons. The van der Waals surface area contributed by atoms with Crippen LogP contribution < -0.4 is 5.32 Å². The smallest absolute Gasteiger partial charge is 0.306 e. The summed E-state index contributed by atoms with van der Waals surface area (Å²) in [5, 5.41) is 57.0. The van der Waals surface area contributed by atoms with Gasteiger partial charge in [-0.15, -0.1) is 0 Å². The molecule has 1 fully saturated rings. The zero-order valence-electron chi connectivity index (χ0n) is 50.0. The van der Waals surface area contributed by atoms with E-state index in [-0.39, 0.29) is 19.4 Å². The molecular formula is C67H119NO10. The molecule has 78 heavy (non-hydrogen) atoms. The van der Waals surface area contributed by atoms with Gasteiger partial charge < -0.3 is 45.1 Å². The van der Waals surface area contributed by atoms with E-state index in [2.05, 4.69) is 86.8 Å². The number of carbonyl (C=O) groups excluding carboxylic acids is 2. The minimum Gasteiger partial charge on any atom is -0.454 e. The average molecular weight is 1100 g/mol. The standard InChI is InChI=1S/C67H119NO10/c1-4-7-10-13-16-19-22-25-27-28-29-30-31-32-33-34-36-39-42-45-48-51-54-60(71)66(75)68-58(59(70)53-50-47-44-41-38-35-24-21-18-15-12-9-6-3)57-76-67-65(64(74)63(73)61(56-69)77-67)78-62(72)55-52-49-46-43-40-37-26-23-20-17-14-11-8-5-2/h7,10,16,19,25,27,29-30,32-33,50,53,58-61,63-65,67,69-71,73-74H,4-6,8-9,11-15,17-18,20-24,26,28,31,34-49,51-52,54-57H2,1-3H3,(H,68,75)/b10-7-,19-16-,27-25-,30-29-,33-32-,53-50+. The van der Waals surface area contributed by atoms with Crippen LogP contribution in [0.2, 0.25) is 0 Å². The maximum Gasteiger partial charge on any atom is 0.306 e. The van der Waals surface area contributed by atoms with Crippen molar-refractivity contribution in [2.24, 2.45) is 0 Å². The Bertz CT molecular complexity index is 1540. The molecule has 0 spiro atoms. The minimum absolute atomic E-state index is 0.124. The predicted octanol–water partition coefficient (Wildman–Crippen LogP) is 15.6. The van der Waals surface area contributed by atoms with E-state index >= 15 is 0 Å². The van der Waals surface area contributed by atoms with Crippen molar-refractivity contribution in [2.75, 3.05) is 13.2 Å². The van der Waals surface area contributed by atoms with Crippen LogP contribution in [0.3, 0.4) is 0 Å². The molecule has 0 aromatic rings. The van der Waals surface area contributed by atoms with Gasteiger partial charge in [-0.2, -0.15) is 0 Å². The van der Waals surface area contributed by atoms with Gasteiger partial charge in [0.05, 0.1) is 25.4 Å². The monoisotopic (exact) mass is 1100 g/mol. The van der Waals surface area contributed by atoms with Crippen LogP contribution in [0.5, 0.6) is 0 Å². The van der Waals surface area contributed by atoms with E-state index in [1.807, 2.05) is 6.08 Å². The highest BCUT2D eigenvalue weighted by Gasteiger charge is 2.47. The van der Waals surface area contributed by atoms with Crippen molar-refractivity contribution in [1.82, 2.24) is 5.32 Å². The van der Waals surface area contributed by atoms with Gasteiger partial charge in [-0.05, 0) is 70.6 Å². The Morgan fingerprint density at radius 3 is 1.38 bits per heavy atom. The first-order valence-electron chi connectivity index (χ1n) is 32.2. The van der Waals surface area contributed by atoms with Gasteiger partial charge in [0.25, 0.3) is 0 Å². The lowest BCUT2D eigenvalue weighted by Gasteiger charge is -2.41. The first-order chi connectivity index (χ1) is 38.2. The summed E-state index contributed by atoms with van der Waals surface area (Å²) >= 11 is 0. The fourth-order valence-corrected chi connectivity index (χ4v) is 9.80. The average Bonchev–Trinajstić information content (AvgIpc) is 3.45. The van der Waals surface area contributed by atoms with Crippen molar-refractivity contribution < 1.29 is 49.3 Å². The lowest BCUT2D eigenvalue weighted by molar-refractivity contribution is -0.305. The second kappa shape index (κ2) is 54.7. The van der Waals surface area contributed by atoms with Crippen molar-refractivity contribution in [3.63, 3.8) is 0 Å². The number of unbranched alkanes of at least 4 members (excludes halogenated alkanes) is 30. The fourth-order valence-electron chi connectivity index (χ4n) is 9.80. The molecule has 0 radical (unpaired) electrons. The summed E-state index contributed by atoms with van der Waals surface area (Å²) in [6, 6.07) is -1.03. The van der Waals surface area contributed by atoms with Gasteiger partial charge in [-0.1, -0.05) is 273 Å². The quantitative estimate of drug-likeness (QED) is 0.0195. The van der Waals surface area contributed by atoms with Crippen LogP contribution in [0.4, 0.5) is 0 Å². The van der Waals surface area contributed by atoms with Crippen LogP contribution in [-0.2, 0) is 23.8 Å². The molecule has 1 rings (SSSR count). The summed E-state index contributed by atoms with van der Waals surface area (Å²) in [5.74, 6) is -1.20. The molecule has 0 aromatic heterocycles. The number of ether oxygens (including phenoxy) is 3. The van der Waals surface area contributed by atoms with Crippen LogP contribution in [0, 0.1) is 0 Å². The Hall–Kier alpha value is -2.90. The largest absolute Gasteiger partial charge is 0.454 e. The first-order valence-corrected chi connectivity index (χ1v) is 32.2. The Morgan fingerprint density at radius 1 is 0.513 bits per heavy atom. The number of aliphatic hydroxyl groups excluding tert-OH is 5. The Kier molecular flexibility index (Phi) is 51.3. The van der Waals surface area contributed by atoms with Gasteiger partial charge in [0, 0.05) is 6.42 Å². The SMILES string of the molecule is CC/C=C\C/C=C\C/C=C\C/C=C\C/C=C\CCCCCCCCC(O)C(=O)NC(COC1OC(CO)C(O)C(O)C1OC(=O)CCCCCCCCCCCCCCCC)C(O)/C=C/CCCCCCCCCCCCC. The van der Waals surface area contributed by atoms with Gasteiger partial charge in [-0.25, -0.2) is 0 Å². The van der Waals surface area contributed by atoms with Crippen LogP contribution in [0.1, 0.15) is 278 Å². The number of nitrogens with one attached hydrogen (secondary N) is 1. The maximum atomic E-state index is 13.4. The van der Waals surface area contributed by atoms with Crippen LogP contribution in [0.15, 0.2) is 72.9 Å². The van der Waals surface area contributed by atoms with Gasteiger partial charge in [0.15, 0.2) is 12.4 Å². The summed E-state index contributed by atoms with van der Waals surface area (Å²) in [6.07, 6.45) is 59.3. The highest BCUT2D eigenvalue weighted by molar-refractivity contribution is 5.80. The number of carbonyl (C=O) groups is 2. The highest BCUT2D eigenvalue weighted by atomic mass is 16.7. The lowest BCUT2D eigenvalue weighted by Crippen LogP contribution is -2.61. The molecule has 0 aromatic carbocycles. The predicted molar refractivity (Wildman–Crippen MR) is 324 cm³/mol. The van der Waals surface area contributed by atoms with E-state index < -0.39 is 67.4 Å². The third-order valence-corrected chi connectivity index (χ3v) is 14.9. The third kappa shape index (κ3) is 42.0. The van der Waals surface area contributed by atoms with E-state index in [1.165, 1.54) is 122 Å². The summed E-state index contributed by atoms with van der Waals surface area (Å²) in [6.45, 7) is 5.68. The second-order valence-corrected chi connectivity index (χ2v) is 22.1. The van der Waals surface area contributed by atoms with E-state index in [1.54, 1.807) is 6.08 Å². The van der Waals surface area contributed by atoms with Crippen LogP contribution in [-0.4, -0.2) is 99.6 Å². The summed E-state index contributed by atoms with van der Waals surface area (Å²) < 4.78 is 17.6. The minimum atomic E-state index is -1.62. The molecule has 1 heterocycles. The van der Waals surface area contributed by atoms with Crippen molar-refractivity contribution >= 4 is 11.9 Å². The lowest BCUT2D eigenvalue weighted by atomic mass is 9.99. The first kappa shape index (κ1) is 73.1.